The van der Waals surface area contributed by atoms with Gasteiger partial charge in [0.1, 0.15) is 5.82 Å². The molecule has 0 spiro atoms. The van der Waals surface area contributed by atoms with Gasteiger partial charge in [0.05, 0.1) is 16.6 Å². The lowest BCUT2D eigenvalue weighted by Crippen LogP contribution is -2.17. The zero-order valence-electron chi connectivity index (χ0n) is 12.5. The monoisotopic (exact) mass is 423 g/mol. The predicted octanol–water partition coefficient (Wildman–Crippen LogP) is 4.44. The number of fused-ring (bicyclic) bond motifs is 1. The van der Waals surface area contributed by atoms with Crippen LogP contribution in [0.4, 0.5) is 10.3 Å². The number of anilines is 1. The molecule has 4 nitrogen and oxygen atoms in total. The van der Waals surface area contributed by atoms with Crippen molar-refractivity contribution < 1.29 is 9.18 Å². The highest BCUT2D eigenvalue weighted by Crippen LogP contribution is 2.21. The van der Waals surface area contributed by atoms with Gasteiger partial charge in [-0.1, -0.05) is 19.1 Å². The van der Waals surface area contributed by atoms with Crippen LogP contribution < -0.4 is 5.32 Å². The third-order valence-electron chi connectivity index (χ3n) is 3.50. The molecular weight excluding hydrogens is 408 g/mol. The molecule has 23 heavy (non-hydrogen) atoms. The standard InChI is InChI=1S/C17H15FIN3O/c1-2-9-22-15-6-4-3-5-14(15)20-17(22)21-16(23)12-8-7-11(18)10-13(12)19/h3-8,10H,2,9H2,1H3,(H,20,21,23). The predicted molar refractivity (Wildman–Crippen MR) is 97.1 cm³/mol. The van der Waals surface area contributed by atoms with Gasteiger partial charge in [-0.05, 0) is 59.3 Å². The summed E-state index contributed by atoms with van der Waals surface area (Å²) in [7, 11) is 0. The Labute approximate surface area is 146 Å². The number of aromatic nitrogens is 2. The summed E-state index contributed by atoms with van der Waals surface area (Å²) in [6.45, 7) is 2.83. The SMILES string of the molecule is CCCn1c(NC(=O)c2ccc(F)cc2I)nc2ccccc21. The number of hydrogen-bond acceptors (Lipinski definition) is 2. The maximum Gasteiger partial charge on any atom is 0.259 e. The van der Waals surface area contributed by atoms with Crippen LogP contribution in [0.15, 0.2) is 42.5 Å². The molecule has 0 aliphatic carbocycles. The second-order valence-electron chi connectivity index (χ2n) is 5.15. The zero-order chi connectivity index (χ0) is 16.4. The summed E-state index contributed by atoms with van der Waals surface area (Å²) in [6.07, 6.45) is 0.928. The van der Waals surface area contributed by atoms with Gasteiger partial charge in [-0.15, -0.1) is 0 Å². The summed E-state index contributed by atoms with van der Waals surface area (Å²) in [6, 6.07) is 11.9. The molecule has 0 radical (unpaired) electrons. The van der Waals surface area contributed by atoms with Crippen molar-refractivity contribution in [3.63, 3.8) is 0 Å². The van der Waals surface area contributed by atoms with Crippen LogP contribution in [0.25, 0.3) is 11.0 Å². The molecule has 6 heteroatoms. The number of para-hydroxylation sites is 2. The number of carbonyl (C=O) groups excluding carboxylic acids is 1. The Hall–Kier alpha value is -1.96. The van der Waals surface area contributed by atoms with Crippen LogP contribution in [0.1, 0.15) is 23.7 Å². The van der Waals surface area contributed by atoms with E-state index < -0.39 is 0 Å². The van der Waals surface area contributed by atoms with E-state index in [1.54, 1.807) is 0 Å². The topological polar surface area (TPSA) is 46.9 Å². The van der Waals surface area contributed by atoms with Crippen molar-refractivity contribution >= 4 is 45.5 Å². The molecule has 3 aromatic rings. The normalized spacial score (nSPS) is 10.9. The van der Waals surface area contributed by atoms with Gasteiger partial charge < -0.3 is 4.57 Å². The first-order valence-electron chi connectivity index (χ1n) is 7.32. The van der Waals surface area contributed by atoms with Crippen molar-refractivity contribution in [1.29, 1.82) is 0 Å². The highest BCUT2D eigenvalue weighted by atomic mass is 127. The summed E-state index contributed by atoms with van der Waals surface area (Å²) in [4.78, 5) is 17.0. The van der Waals surface area contributed by atoms with Gasteiger partial charge >= 0.3 is 0 Å². The second kappa shape index (κ2) is 6.66. The maximum absolute atomic E-state index is 13.2. The second-order valence-corrected chi connectivity index (χ2v) is 6.32. The van der Waals surface area contributed by atoms with Crippen LogP contribution in [-0.2, 0) is 6.54 Å². The maximum atomic E-state index is 13.2. The van der Waals surface area contributed by atoms with Crippen LogP contribution in [-0.4, -0.2) is 15.5 Å². The summed E-state index contributed by atoms with van der Waals surface area (Å²) < 4.78 is 15.7. The summed E-state index contributed by atoms with van der Waals surface area (Å²) in [5, 5.41) is 2.85. The molecule has 0 fully saturated rings. The molecule has 1 aromatic heterocycles. The quantitative estimate of drug-likeness (QED) is 0.631. The van der Waals surface area contributed by atoms with Crippen LogP contribution in [0.2, 0.25) is 0 Å². The van der Waals surface area contributed by atoms with Crippen LogP contribution in [0.3, 0.4) is 0 Å². The minimum absolute atomic E-state index is 0.290. The average molecular weight is 423 g/mol. The third kappa shape index (κ3) is 3.21. The fraction of sp³-hybridized carbons (Fsp3) is 0.176. The number of benzene rings is 2. The average Bonchev–Trinajstić information content (AvgIpc) is 2.85. The number of rotatable bonds is 4. The van der Waals surface area contributed by atoms with E-state index in [1.807, 2.05) is 51.4 Å². The Bertz CT molecular complexity index is 875. The summed E-state index contributed by atoms with van der Waals surface area (Å²) in [5.41, 5.74) is 2.26. The van der Waals surface area contributed by atoms with Crippen LogP contribution >= 0.6 is 22.6 Å². The number of carbonyl (C=O) groups is 1. The number of aryl methyl sites for hydroxylation is 1. The minimum Gasteiger partial charge on any atom is -0.310 e. The molecule has 1 heterocycles. The highest BCUT2D eigenvalue weighted by Gasteiger charge is 2.16. The molecule has 2 aromatic carbocycles. The fourth-order valence-corrected chi connectivity index (χ4v) is 3.19. The Morgan fingerprint density at radius 2 is 2.09 bits per heavy atom. The Morgan fingerprint density at radius 1 is 1.30 bits per heavy atom. The number of nitrogens with one attached hydrogen (secondary N) is 1. The Kier molecular flexibility index (Phi) is 4.61. The number of amides is 1. The third-order valence-corrected chi connectivity index (χ3v) is 4.40. The molecule has 0 aliphatic heterocycles. The Balaban J connectivity index is 1.97. The Morgan fingerprint density at radius 3 is 2.83 bits per heavy atom. The highest BCUT2D eigenvalue weighted by molar-refractivity contribution is 14.1. The van der Waals surface area contributed by atoms with Crippen molar-refractivity contribution in [2.75, 3.05) is 5.32 Å². The molecule has 0 bridgehead atoms. The van der Waals surface area contributed by atoms with Gasteiger partial charge in [0, 0.05) is 10.1 Å². The number of nitrogens with zero attached hydrogens (tertiary/aromatic N) is 2. The molecule has 0 unspecified atom stereocenters. The van der Waals surface area contributed by atoms with E-state index in [0.29, 0.717) is 15.1 Å². The van der Waals surface area contributed by atoms with E-state index in [2.05, 4.69) is 17.2 Å². The molecule has 0 saturated heterocycles. The first kappa shape index (κ1) is 15.9. The van der Waals surface area contributed by atoms with Crippen molar-refractivity contribution in [2.24, 2.45) is 0 Å². The number of hydrogen-bond donors (Lipinski definition) is 1. The van der Waals surface area contributed by atoms with E-state index in [0.717, 1.165) is 24.0 Å². The first-order valence-corrected chi connectivity index (χ1v) is 8.39. The van der Waals surface area contributed by atoms with Gasteiger partial charge in [-0.25, -0.2) is 9.37 Å². The number of imidazole rings is 1. The van der Waals surface area contributed by atoms with Crippen molar-refractivity contribution in [3.05, 3.63) is 57.4 Å². The van der Waals surface area contributed by atoms with Gasteiger partial charge in [-0.2, -0.15) is 0 Å². The van der Waals surface area contributed by atoms with E-state index in [4.69, 9.17) is 0 Å². The van der Waals surface area contributed by atoms with E-state index in [1.165, 1.54) is 18.2 Å². The molecule has 0 saturated carbocycles. The van der Waals surface area contributed by atoms with Crippen molar-refractivity contribution in [3.8, 4) is 0 Å². The molecule has 118 valence electrons. The van der Waals surface area contributed by atoms with Crippen molar-refractivity contribution in [2.45, 2.75) is 19.9 Å². The van der Waals surface area contributed by atoms with E-state index >= 15 is 0 Å². The smallest absolute Gasteiger partial charge is 0.259 e. The largest absolute Gasteiger partial charge is 0.310 e. The van der Waals surface area contributed by atoms with Gasteiger partial charge in [0.25, 0.3) is 5.91 Å². The van der Waals surface area contributed by atoms with Crippen LogP contribution in [0.5, 0.6) is 0 Å². The van der Waals surface area contributed by atoms with Gasteiger partial charge in [-0.3, -0.25) is 10.1 Å². The molecule has 3 rings (SSSR count). The van der Waals surface area contributed by atoms with E-state index in [9.17, 15) is 9.18 Å². The molecule has 1 amide bonds. The summed E-state index contributed by atoms with van der Waals surface area (Å²) >= 11 is 1.96. The summed E-state index contributed by atoms with van der Waals surface area (Å²) in [5.74, 6) is -0.135. The van der Waals surface area contributed by atoms with Gasteiger partial charge in [0.15, 0.2) is 0 Å². The zero-order valence-corrected chi connectivity index (χ0v) is 14.7. The molecule has 0 atom stereocenters. The lowest BCUT2D eigenvalue weighted by Gasteiger charge is -2.10. The van der Waals surface area contributed by atoms with Crippen LogP contribution in [0, 0.1) is 9.39 Å². The molecular formula is C17H15FIN3O. The lowest BCUT2D eigenvalue weighted by molar-refractivity contribution is 0.102. The van der Waals surface area contributed by atoms with Gasteiger partial charge in [0.2, 0.25) is 5.95 Å². The molecule has 0 aliphatic rings. The van der Waals surface area contributed by atoms with E-state index in [-0.39, 0.29) is 11.7 Å². The first-order chi connectivity index (χ1) is 11.1. The fourth-order valence-electron chi connectivity index (χ4n) is 2.46. The van der Waals surface area contributed by atoms with Crippen molar-refractivity contribution in [1.82, 2.24) is 9.55 Å². The number of halogens is 2. The minimum atomic E-state index is -0.357. The lowest BCUT2D eigenvalue weighted by atomic mass is 10.2. The molecule has 1 N–H and O–H groups in total.